The minimum absolute atomic E-state index is 0.770. The third-order valence-corrected chi connectivity index (χ3v) is 4.15. The van der Waals surface area contributed by atoms with Crippen molar-refractivity contribution in [3.8, 4) is 0 Å². The van der Waals surface area contributed by atoms with Gasteiger partial charge < -0.3 is 15.5 Å². The average Bonchev–Trinajstić information content (AvgIpc) is 2.49. The molecule has 0 atom stereocenters. The molecule has 3 heterocycles. The highest BCUT2D eigenvalue weighted by atomic mass is 15.3. The number of nitrogen functional groups attached to an aromatic ring is 1. The highest BCUT2D eigenvalue weighted by Gasteiger charge is 2.21. The summed E-state index contributed by atoms with van der Waals surface area (Å²) in [5.74, 6) is 1.88. The molecule has 2 N–H and O–H groups in total. The normalized spacial score (nSPS) is 20.6. The lowest BCUT2D eigenvalue weighted by Crippen LogP contribution is -2.34. The van der Waals surface area contributed by atoms with Gasteiger partial charge in [-0.2, -0.15) is 0 Å². The fourth-order valence-electron chi connectivity index (χ4n) is 3.09. The molecule has 0 aliphatic carbocycles. The van der Waals surface area contributed by atoms with E-state index in [1.165, 1.54) is 38.5 Å². The second-order valence-electron chi connectivity index (χ2n) is 5.53. The summed E-state index contributed by atoms with van der Waals surface area (Å²) in [6.45, 7) is 4.28. The monoisotopic (exact) mass is 261 g/mol. The van der Waals surface area contributed by atoms with Crippen LogP contribution < -0.4 is 15.5 Å². The zero-order valence-electron chi connectivity index (χ0n) is 11.5. The molecule has 0 bridgehead atoms. The van der Waals surface area contributed by atoms with Gasteiger partial charge in [-0.1, -0.05) is 0 Å². The van der Waals surface area contributed by atoms with E-state index in [1.54, 1.807) is 6.33 Å². The van der Waals surface area contributed by atoms with Crippen molar-refractivity contribution >= 4 is 17.3 Å². The van der Waals surface area contributed by atoms with Crippen molar-refractivity contribution in [3.05, 3.63) is 6.33 Å². The Bertz CT molecular complexity index is 386. The molecule has 0 amide bonds. The molecule has 19 heavy (non-hydrogen) atoms. The van der Waals surface area contributed by atoms with Gasteiger partial charge >= 0.3 is 0 Å². The van der Waals surface area contributed by atoms with E-state index < -0.39 is 0 Å². The van der Waals surface area contributed by atoms with Crippen LogP contribution in [0.25, 0.3) is 0 Å². The standard InChI is InChI=1S/C14H23N5/c15-12-13(18-7-3-1-4-8-18)16-11-17-14(12)19-9-5-2-6-10-19/h11H,1-10,15H2. The zero-order chi connectivity index (χ0) is 13.1. The van der Waals surface area contributed by atoms with Gasteiger partial charge in [-0.25, -0.2) is 9.97 Å². The third-order valence-electron chi connectivity index (χ3n) is 4.15. The van der Waals surface area contributed by atoms with Crippen LogP contribution in [0, 0.1) is 0 Å². The first-order valence-corrected chi connectivity index (χ1v) is 7.46. The molecule has 0 unspecified atom stereocenters. The van der Waals surface area contributed by atoms with Crippen LogP contribution in [0.4, 0.5) is 17.3 Å². The predicted octanol–water partition coefficient (Wildman–Crippen LogP) is 2.04. The smallest absolute Gasteiger partial charge is 0.157 e. The van der Waals surface area contributed by atoms with Crippen molar-refractivity contribution in [3.63, 3.8) is 0 Å². The summed E-state index contributed by atoms with van der Waals surface area (Å²) in [7, 11) is 0. The van der Waals surface area contributed by atoms with Gasteiger partial charge in [-0.15, -0.1) is 0 Å². The molecule has 2 aliphatic rings. The second-order valence-corrected chi connectivity index (χ2v) is 5.53. The summed E-state index contributed by atoms with van der Waals surface area (Å²) in [6, 6.07) is 0. The van der Waals surface area contributed by atoms with Crippen LogP contribution in [-0.2, 0) is 0 Å². The highest BCUT2D eigenvalue weighted by Crippen LogP contribution is 2.31. The fraction of sp³-hybridized carbons (Fsp3) is 0.714. The largest absolute Gasteiger partial charge is 0.393 e. The first-order chi connectivity index (χ1) is 9.36. The second kappa shape index (κ2) is 5.63. The zero-order valence-corrected chi connectivity index (χ0v) is 11.5. The van der Waals surface area contributed by atoms with Gasteiger partial charge in [0.15, 0.2) is 11.6 Å². The summed E-state index contributed by atoms with van der Waals surface area (Å²) in [5, 5.41) is 0. The van der Waals surface area contributed by atoms with E-state index in [9.17, 15) is 0 Å². The van der Waals surface area contributed by atoms with E-state index in [0.29, 0.717) is 0 Å². The van der Waals surface area contributed by atoms with Crippen molar-refractivity contribution in [1.29, 1.82) is 0 Å². The molecule has 2 aliphatic heterocycles. The van der Waals surface area contributed by atoms with Crippen LogP contribution in [0.5, 0.6) is 0 Å². The Morgan fingerprint density at radius 3 is 1.58 bits per heavy atom. The van der Waals surface area contributed by atoms with Crippen molar-refractivity contribution in [1.82, 2.24) is 9.97 Å². The van der Waals surface area contributed by atoms with E-state index in [2.05, 4.69) is 19.8 Å². The predicted molar refractivity (Wildman–Crippen MR) is 78.6 cm³/mol. The van der Waals surface area contributed by atoms with Crippen LogP contribution in [0.2, 0.25) is 0 Å². The van der Waals surface area contributed by atoms with Crippen LogP contribution in [-0.4, -0.2) is 36.1 Å². The van der Waals surface area contributed by atoms with Gasteiger partial charge in [0.1, 0.15) is 12.0 Å². The lowest BCUT2D eigenvalue weighted by molar-refractivity contribution is 0.567. The Kier molecular flexibility index (Phi) is 3.71. The maximum Gasteiger partial charge on any atom is 0.157 e. The summed E-state index contributed by atoms with van der Waals surface area (Å²) >= 11 is 0. The van der Waals surface area contributed by atoms with E-state index in [0.717, 1.165) is 43.5 Å². The number of rotatable bonds is 2. The van der Waals surface area contributed by atoms with Gasteiger partial charge in [-0.3, -0.25) is 0 Å². The van der Waals surface area contributed by atoms with Crippen molar-refractivity contribution in [2.75, 3.05) is 41.7 Å². The van der Waals surface area contributed by atoms with E-state index in [4.69, 9.17) is 5.73 Å². The molecule has 1 aromatic heterocycles. The van der Waals surface area contributed by atoms with E-state index in [-0.39, 0.29) is 0 Å². The molecule has 3 rings (SSSR count). The molecule has 2 fully saturated rings. The number of nitrogens with two attached hydrogens (primary N) is 1. The number of aromatic nitrogens is 2. The molecule has 5 heteroatoms. The Hall–Kier alpha value is -1.52. The van der Waals surface area contributed by atoms with Gasteiger partial charge in [0.25, 0.3) is 0 Å². The number of hydrogen-bond acceptors (Lipinski definition) is 5. The van der Waals surface area contributed by atoms with Crippen molar-refractivity contribution in [2.24, 2.45) is 0 Å². The SMILES string of the molecule is Nc1c(N2CCCCC2)ncnc1N1CCCCC1. The van der Waals surface area contributed by atoms with E-state index in [1.807, 2.05) is 0 Å². The Labute approximate surface area is 114 Å². The Morgan fingerprint density at radius 1 is 0.737 bits per heavy atom. The molecular formula is C14H23N5. The van der Waals surface area contributed by atoms with Gasteiger partial charge in [0.2, 0.25) is 0 Å². The topological polar surface area (TPSA) is 58.3 Å². The van der Waals surface area contributed by atoms with Gasteiger partial charge in [0, 0.05) is 26.2 Å². The van der Waals surface area contributed by atoms with Crippen molar-refractivity contribution < 1.29 is 0 Å². The highest BCUT2D eigenvalue weighted by molar-refractivity contribution is 5.75. The third kappa shape index (κ3) is 2.60. The first-order valence-electron chi connectivity index (χ1n) is 7.46. The minimum Gasteiger partial charge on any atom is -0.393 e. The summed E-state index contributed by atoms with van der Waals surface area (Å²) in [4.78, 5) is 13.5. The molecule has 0 spiro atoms. The van der Waals surface area contributed by atoms with Crippen molar-refractivity contribution in [2.45, 2.75) is 38.5 Å². The Balaban J connectivity index is 1.84. The first kappa shape index (κ1) is 12.5. The molecule has 0 aromatic carbocycles. The van der Waals surface area contributed by atoms with Crippen LogP contribution in [0.15, 0.2) is 6.33 Å². The number of nitrogens with zero attached hydrogens (tertiary/aromatic N) is 4. The molecule has 104 valence electrons. The molecule has 5 nitrogen and oxygen atoms in total. The summed E-state index contributed by atoms with van der Waals surface area (Å²) < 4.78 is 0. The fourth-order valence-corrected chi connectivity index (χ4v) is 3.09. The molecule has 0 saturated carbocycles. The summed E-state index contributed by atoms with van der Waals surface area (Å²) in [5.41, 5.74) is 7.11. The van der Waals surface area contributed by atoms with Crippen LogP contribution in [0.3, 0.4) is 0 Å². The number of anilines is 3. The average molecular weight is 261 g/mol. The summed E-state index contributed by atoms with van der Waals surface area (Å²) in [6.07, 6.45) is 9.27. The van der Waals surface area contributed by atoms with Gasteiger partial charge in [0.05, 0.1) is 0 Å². The van der Waals surface area contributed by atoms with Crippen LogP contribution >= 0.6 is 0 Å². The molecule has 0 radical (unpaired) electrons. The lowest BCUT2D eigenvalue weighted by atomic mass is 10.1. The number of hydrogen-bond donors (Lipinski definition) is 1. The maximum absolute atomic E-state index is 6.34. The van der Waals surface area contributed by atoms with E-state index >= 15 is 0 Å². The molecule has 1 aromatic rings. The van der Waals surface area contributed by atoms with Gasteiger partial charge in [-0.05, 0) is 38.5 Å². The quantitative estimate of drug-likeness (QED) is 0.883. The minimum atomic E-state index is 0.770. The lowest BCUT2D eigenvalue weighted by Gasteiger charge is -2.32. The Morgan fingerprint density at radius 2 is 1.16 bits per heavy atom. The maximum atomic E-state index is 6.34. The molecular weight excluding hydrogens is 238 g/mol. The molecule has 2 saturated heterocycles. The van der Waals surface area contributed by atoms with Crippen LogP contribution in [0.1, 0.15) is 38.5 Å². The number of piperidine rings is 2.